The molecule has 0 aliphatic heterocycles. The molecule has 0 saturated carbocycles. The molecule has 0 saturated heterocycles. The van der Waals surface area contributed by atoms with E-state index in [1.807, 2.05) is 36.6 Å². The zero-order valence-corrected chi connectivity index (χ0v) is 14.5. The van der Waals surface area contributed by atoms with E-state index in [9.17, 15) is 4.79 Å². The van der Waals surface area contributed by atoms with Gasteiger partial charge in [0.2, 0.25) is 0 Å². The van der Waals surface area contributed by atoms with Crippen molar-refractivity contribution in [2.45, 2.75) is 5.16 Å². The number of hydrogen-bond donors (Lipinski definition) is 0. The minimum Gasteiger partial charge on any atom is -0.419 e. The van der Waals surface area contributed by atoms with Crippen LogP contribution in [0, 0.1) is 0 Å². The molecule has 0 radical (unpaired) electrons. The molecule has 0 aliphatic carbocycles. The Kier molecular flexibility index (Phi) is 4.78. The van der Waals surface area contributed by atoms with Crippen LogP contribution in [0.4, 0.5) is 0 Å². The minimum absolute atomic E-state index is 0.358. The summed E-state index contributed by atoms with van der Waals surface area (Å²) in [5.41, 5.74) is 1.21. The summed E-state index contributed by atoms with van der Waals surface area (Å²) < 4.78 is 7.68. The van der Waals surface area contributed by atoms with Crippen LogP contribution in [0.1, 0.15) is 10.5 Å². The van der Waals surface area contributed by atoms with E-state index in [2.05, 4.69) is 25.9 Å². The van der Waals surface area contributed by atoms with Gasteiger partial charge < -0.3 is 4.74 Å². The predicted octanol–water partition coefficient (Wildman–Crippen LogP) is 3.97. The number of aromatic nitrogens is 3. The maximum Gasteiger partial charge on any atom is 0.362 e. The number of halogens is 1. The second-order valence-electron chi connectivity index (χ2n) is 4.48. The van der Waals surface area contributed by atoms with Crippen molar-refractivity contribution >= 4 is 33.7 Å². The van der Waals surface area contributed by atoms with Crippen LogP contribution in [-0.2, 0) is 0 Å². The molecule has 2 heterocycles. The standard InChI is InChI=1S/C16H12BrN3O2S/c1-23-16-19-10-12(20(16)11-6-3-2-4-7-11)15(21)22-13-8-5-9-18-14(13)17/h2-10H,1H3. The number of carbonyl (C=O) groups is 1. The van der Waals surface area contributed by atoms with Crippen LogP contribution in [0.5, 0.6) is 5.75 Å². The van der Waals surface area contributed by atoms with Crippen LogP contribution in [0.15, 0.2) is 64.6 Å². The fraction of sp³-hybridized carbons (Fsp3) is 0.0625. The zero-order chi connectivity index (χ0) is 16.2. The number of nitrogens with zero attached hydrogens (tertiary/aromatic N) is 3. The fourth-order valence-corrected chi connectivity index (χ4v) is 2.92. The van der Waals surface area contributed by atoms with Crippen LogP contribution in [0.3, 0.4) is 0 Å². The van der Waals surface area contributed by atoms with E-state index in [1.165, 1.54) is 18.0 Å². The van der Waals surface area contributed by atoms with Crippen molar-refractivity contribution in [1.82, 2.24) is 14.5 Å². The van der Waals surface area contributed by atoms with E-state index in [1.54, 1.807) is 22.9 Å². The molecule has 116 valence electrons. The van der Waals surface area contributed by atoms with Crippen LogP contribution in [0.2, 0.25) is 0 Å². The molecule has 0 amide bonds. The van der Waals surface area contributed by atoms with Crippen molar-refractivity contribution in [3.05, 3.63) is 65.2 Å². The highest BCUT2D eigenvalue weighted by atomic mass is 79.9. The summed E-state index contributed by atoms with van der Waals surface area (Å²) in [4.78, 5) is 20.9. The normalized spacial score (nSPS) is 10.5. The number of imidazole rings is 1. The number of thioether (sulfide) groups is 1. The Morgan fingerprint density at radius 3 is 2.65 bits per heavy atom. The molecular formula is C16H12BrN3O2S. The van der Waals surface area contributed by atoms with Gasteiger partial charge in [0, 0.05) is 11.9 Å². The molecule has 2 aromatic heterocycles. The van der Waals surface area contributed by atoms with Gasteiger partial charge in [-0.05, 0) is 46.5 Å². The van der Waals surface area contributed by atoms with E-state index in [-0.39, 0.29) is 0 Å². The highest BCUT2D eigenvalue weighted by Crippen LogP contribution is 2.25. The Morgan fingerprint density at radius 1 is 1.17 bits per heavy atom. The van der Waals surface area contributed by atoms with Gasteiger partial charge in [0.05, 0.1) is 6.20 Å². The number of hydrogen-bond acceptors (Lipinski definition) is 5. The molecule has 0 fully saturated rings. The molecule has 0 bridgehead atoms. The van der Waals surface area contributed by atoms with Crippen LogP contribution < -0.4 is 4.74 Å². The second-order valence-corrected chi connectivity index (χ2v) is 6.01. The Labute approximate surface area is 145 Å². The second kappa shape index (κ2) is 6.97. The smallest absolute Gasteiger partial charge is 0.362 e. The monoisotopic (exact) mass is 389 g/mol. The lowest BCUT2D eigenvalue weighted by molar-refractivity contribution is 0.0723. The van der Waals surface area contributed by atoms with Gasteiger partial charge in [-0.25, -0.2) is 14.8 Å². The molecule has 0 N–H and O–H groups in total. The van der Waals surface area contributed by atoms with Gasteiger partial charge in [-0.3, -0.25) is 4.57 Å². The van der Waals surface area contributed by atoms with Gasteiger partial charge in [-0.1, -0.05) is 30.0 Å². The van der Waals surface area contributed by atoms with Crippen molar-refractivity contribution in [1.29, 1.82) is 0 Å². The summed E-state index contributed by atoms with van der Waals surface area (Å²) in [6.07, 6.45) is 5.04. The van der Waals surface area contributed by atoms with Crippen molar-refractivity contribution in [2.24, 2.45) is 0 Å². The fourth-order valence-electron chi connectivity index (χ4n) is 2.05. The highest BCUT2D eigenvalue weighted by molar-refractivity contribution is 9.10. The summed E-state index contributed by atoms with van der Waals surface area (Å²) in [7, 11) is 0. The number of esters is 1. The topological polar surface area (TPSA) is 57.0 Å². The highest BCUT2D eigenvalue weighted by Gasteiger charge is 2.20. The molecule has 0 aliphatic rings. The molecule has 23 heavy (non-hydrogen) atoms. The lowest BCUT2D eigenvalue weighted by Gasteiger charge is -2.10. The molecule has 5 nitrogen and oxygen atoms in total. The van der Waals surface area contributed by atoms with Crippen LogP contribution >= 0.6 is 27.7 Å². The number of ether oxygens (including phenoxy) is 1. The molecule has 3 aromatic rings. The number of benzene rings is 1. The summed E-state index contributed by atoms with van der Waals surface area (Å²) >= 11 is 4.73. The Hall–Kier alpha value is -2.12. The molecule has 0 spiro atoms. The molecule has 0 atom stereocenters. The lowest BCUT2D eigenvalue weighted by atomic mass is 10.3. The average molecular weight is 390 g/mol. The van der Waals surface area contributed by atoms with E-state index in [0.29, 0.717) is 21.2 Å². The maximum absolute atomic E-state index is 12.5. The van der Waals surface area contributed by atoms with Crippen molar-refractivity contribution in [3.8, 4) is 11.4 Å². The van der Waals surface area contributed by atoms with Crippen LogP contribution in [0.25, 0.3) is 5.69 Å². The summed E-state index contributed by atoms with van der Waals surface area (Å²) in [5, 5.41) is 0.716. The van der Waals surface area contributed by atoms with E-state index in [4.69, 9.17) is 4.74 Å². The average Bonchev–Trinajstić information content (AvgIpc) is 3.02. The first-order valence-corrected chi connectivity index (χ1v) is 8.72. The first kappa shape index (κ1) is 15.8. The number of rotatable bonds is 4. The summed E-state index contributed by atoms with van der Waals surface area (Å²) in [5.74, 6) is -0.126. The van der Waals surface area contributed by atoms with Gasteiger partial charge >= 0.3 is 5.97 Å². The predicted molar refractivity (Wildman–Crippen MR) is 92.2 cm³/mol. The van der Waals surface area contributed by atoms with Crippen LogP contribution in [-0.4, -0.2) is 26.8 Å². The SMILES string of the molecule is CSc1ncc(C(=O)Oc2cccnc2Br)n1-c1ccccc1. The number of carbonyl (C=O) groups excluding carboxylic acids is 1. The zero-order valence-electron chi connectivity index (χ0n) is 12.1. The number of pyridine rings is 1. The van der Waals surface area contributed by atoms with Gasteiger partial charge in [0.1, 0.15) is 4.60 Å². The van der Waals surface area contributed by atoms with Crippen molar-refractivity contribution in [3.63, 3.8) is 0 Å². The van der Waals surface area contributed by atoms with Crippen molar-refractivity contribution in [2.75, 3.05) is 6.26 Å². The molecular weight excluding hydrogens is 378 g/mol. The third kappa shape index (κ3) is 3.30. The number of para-hydroxylation sites is 1. The van der Waals surface area contributed by atoms with Gasteiger partial charge in [-0.2, -0.15) is 0 Å². The quantitative estimate of drug-likeness (QED) is 0.383. The van der Waals surface area contributed by atoms with E-state index >= 15 is 0 Å². The molecule has 0 unspecified atom stereocenters. The Morgan fingerprint density at radius 2 is 1.96 bits per heavy atom. The third-order valence-electron chi connectivity index (χ3n) is 3.06. The maximum atomic E-state index is 12.5. The van der Waals surface area contributed by atoms with Crippen molar-refractivity contribution < 1.29 is 9.53 Å². The first-order valence-electron chi connectivity index (χ1n) is 6.70. The van der Waals surface area contributed by atoms with Gasteiger partial charge in [-0.15, -0.1) is 0 Å². The molecule has 7 heteroatoms. The first-order chi connectivity index (χ1) is 11.2. The molecule has 3 rings (SSSR count). The molecule has 1 aromatic carbocycles. The largest absolute Gasteiger partial charge is 0.419 e. The Bertz CT molecular complexity index is 836. The Balaban J connectivity index is 1.99. The third-order valence-corrected chi connectivity index (χ3v) is 4.31. The van der Waals surface area contributed by atoms with Gasteiger partial charge in [0.15, 0.2) is 16.6 Å². The van der Waals surface area contributed by atoms with Gasteiger partial charge in [0.25, 0.3) is 0 Å². The summed E-state index contributed by atoms with van der Waals surface area (Å²) in [6.45, 7) is 0. The lowest BCUT2D eigenvalue weighted by Crippen LogP contribution is -2.14. The van der Waals surface area contributed by atoms with E-state index in [0.717, 1.165) is 5.69 Å². The summed E-state index contributed by atoms with van der Waals surface area (Å²) in [6, 6.07) is 12.9. The minimum atomic E-state index is -0.490. The van der Waals surface area contributed by atoms with E-state index < -0.39 is 5.97 Å².